The zero-order valence-electron chi connectivity index (χ0n) is 22.3. The van der Waals surface area contributed by atoms with E-state index in [-0.39, 0.29) is 11.4 Å². The molecule has 0 bridgehead atoms. The van der Waals surface area contributed by atoms with E-state index in [1.807, 2.05) is 44.2 Å². The van der Waals surface area contributed by atoms with Gasteiger partial charge in [-0.05, 0) is 109 Å². The van der Waals surface area contributed by atoms with Crippen molar-refractivity contribution in [3.8, 4) is 17.2 Å². The van der Waals surface area contributed by atoms with Crippen LogP contribution in [0.2, 0.25) is 5.02 Å². The second-order valence-corrected chi connectivity index (χ2v) is 12.2. The molecule has 1 amide bonds. The minimum absolute atomic E-state index is 0.0381. The average Bonchev–Trinajstić information content (AvgIpc) is 3.37. The highest BCUT2D eigenvalue weighted by Crippen LogP contribution is 2.38. The Labute approximate surface area is 256 Å². The highest BCUT2D eigenvalue weighted by atomic mass is 127. The fraction of sp³-hybridized carbons (Fsp3) is 0.379. The lowest BCUT2D eigenvalue weighted by Crippen LogP contribution is -2.35. The zero-order chi connectivity index (χ0) is 28.2. The minimum atomic E-state index is -0.438. The molecule has 1 N–H and O–H groups in total. The third-order valence-electron chi connectivity index (χ3n) is 6.80. The van der Waals surface area contributed by atoms with Crippen LogP contribution in [0.15, 0.2) is 46.0 Å². The molecule has 0 atom stereocenters. The maximum atomic E-state index is 13.0. The molecular formula is C29H30ClIN4O4S. The van der Waals surface area contributed by atoms with Gasteiger partial charge in [0.05, 0.1) is 15.8 Å². The van der Waals surface area contributed by atoms with Crippen LogP contribution >= 0.6 is 46.0 Å². The molecule has 5 rings (SSSR count). The molecule has 2 aromatic carbocycles. The predicted molar refractivity (Wildman–Crippen MR) is 169 cm³/mol. The van der Waals surface area contributed by atoms with Crippen LogP contribution in [0.3, 0.4) is 0 Å². The molecule has 0 spiro atoms. The number of hydrogen-bond donors (Lipinski definition) is 1. The quantitative estimate of drug-likeness (QED) is 0.168. The van der Waals surface area contributed by atoms with Gasteiger partial charge in [0.25, 0.3) is 5.91 Å². The number of thioether (sulfide) groups is 1. The largest absolute Gasteiger partial charge is 0.490 e. The first-order chi connectivity index (χ1) is 19.3. The molecule has 8 nitrogen and oxygen atoms in total. The van der Waals surface area contributed by atoms with Crippen molar-refractivity contribution >= 4 is 74.0 Å². The van der Waals surface area contributed by atoms with Gasteiger partial charge in [-0.2, -0.15) is 15.1 Å². The van der Waals surface area contributed by atoms with Gasteiger partial charge >= 0.3 is 0 Å². The molecule has 0 radical (unpaired) electrons. The summed E-state index contributed by atoms with van der Waals surface area (Å²) < 4.78 is 18.5. The van der Waals surface area contributed by atoms with E-state index in [1.165, 1.54) is 36.0 Å². The smallest absolute Gasteiger partial charge is 0.283 e. The number of hydrogen-bond acceptors (Lipinski definition) is 7. The molecular weight excluding hydrogens is 663 g/mol. The Morgan fingerprint density at radius 1 is 1.15 bits per heavy atom. The van der Waals surface area contributed by atoms with Gasteiger partial charge < -0.3 is 14.2 Å². The van der Waals surface area contributed by atoms with Gasteiger partial charge in [0.15, 0.2) is 17.3 Å². The fourth-order valence-corrected chi connectivity index (χ4v) is 6.73. The standard InChI is InChI=1S/C29H30ClIN4O4S/c1-3-37-24-16-18(15-23(31)25(24)39-12-11-38-20-9-10-22(30)17(2)13-20)14-21-26(32)35-29(33-27(21)36)40-28(34-35)19-7-5-4-6-8-19/h9-10,13-16,19,32H,3-8,11-12H2,1-2H3/b21-14-,32-26?. The molecule has 1 saturated carbocycles. The van der Waals surface area contributed by atoms with E-state index in [1.54, 1.807) is 6.08 Å². The number of halogens is 2. The van der Waals surface area contributed by atoms with E-state index in [0.717, 1.165) is 32.8 Å². The van der Waals surface area contributed by atoms with Crippen molar-refractivity contribution < 1.29 is 19.0 Å². The van der Waals surface area contributed by atoms with Crippen LogP contribution in [0.5, 0.6) is 17.2 Å². The van der Waals surface area contributed by atoms with Crippen molar-refractivity contribution in [1.82, 2.24) is 5.01 Å². The number of nitrogens with zero attached hydrogens (tertiary/aromatic N) is 3. The summed E-state index contributed by atoms with van der Waals surface area (Å²) in [6.07, 6.45) is 7.49. The highest BCUT2D eigenvalue weighted by molar-refractivity contribution is 14.1. The van der Waals surface area contributed by atoms with Gasteiger partial charge in [0, 0.05) is 10.9 Å². The molecule has 1 aliphatic carbocycles. The molecule has 40 heavy (non-hydrogen) atoms. The molecule has 210 valence electrons. The van der Waals surface area contributed by atoms with Crippen LogP contribution in [-0.2, 0) is 4.79 Å². The third-order valence-corrected chi connectivity index (χ3v) is 9.09. The summed E-state index contributed by atoms with van der Waals surface area (Å²) in [5.74, 6) is 1.86. The number of amidine groups is 2. The second-order valence-electron chi connectivity index (χ2n) is 9.66. The van der Waals surface area contributed by atoms with E-state index < -0.39 is 5.91 Å². The number of rotatable bonds is 9. The van der Waals surface area contributed by atoms with E-state index in [2.05, 4.69) is 27.6 Å². The lowest BCUT2D eigenvalue weighted by atomic mass is 9.90. The highest BCUT2D eigenvalue weighted by Gasteiger charge is 2.38. The molecule has 0 aromatic heterocycles. The maximum absolute atomic E-state index is 13.0. The summed E-state index contributed by atoms with van der Waals surface area (Å²) in [5, 5.41) is 17.1. The Morgan fingerprint density at radius 3 is 2.67 bits per heavy atom. The van der Waals surface area contributed by atoms with E-state index in [0.29, 0.717) is 53.0 Å². The summed E-state index contributed by atoms with van der Waals surface area (Å²) >= 11 is 9.70. The van der Waals surface area contributed by atoms with Gasteiger partial charge in [-0.15, -0.1) is 0 Å². The molecule has 0 unspecified atom stereocenters. The number of amides is 1. The number of aliphatic imine (C=N–C) groups is 1. The van der Waals surface area contributed by atoms with Gasteiger partial charge in [0.2, 0.25) is 5.17 Å². The van der Waals surface area contributed by atoms with Gasteiger partial charge in [-0.25, -0.2) is 0 Å². The summed E-state index contributed by atoms with van der Waals surface area (Å²) in [6.45, 7) is 4.93. The summed E-state index contributed by atoms with van der Waals surface area (Å²) in [4.78, 5) is 17.2. The number of aryl methyl sites for hydroxylation is 1. The normalized spacial score (nSPS) is 18.5. The molecule has 2 aliphatic heterocycles. The van der Waals surface area contributed by atoms with Gasteiger partial charge in [0.1, 0.15) is 24.0 Å². The van der Waals surface area contributed by atoms with Crippen LogP contribution in [0.4, 0.5) is 0 Å². The van der Waals surface area contributed by atoms with Crippen LogP contribution in [0, 0.1) is 21.8 Å². The van der Waals surface area contributed by atoms with Crippen LogP contribution in [0.25, 0.3) is 6.08 Å². The van der Waals surface area contributed by atoms with Crippen molar-refractivity contribution in [2.24, 2.45) is 16.0 Å². The van der Waals surface area contributed by atoms with Crippen molar-refractivity contribution in [3.63, 3.8) is 0 Å². The number of nitrogens with one attached hydrogen (secondary N) is 1. The first kappa shape index (κ1) is 28.9. The monoisotopic (exact) mass is 692 g/mol. The van der Waals surface area contributed by atoms with E-state index in [4.69, 9.17) is 36.3 Å². The number of carbonyl (C=O) groups excluding carboxylic acids is 1. The Balaban J connectivity index is 1.30. The van der Waals surface area contributed by atoms with Crippen LogP contribution in [-0.4, -0.2) is 46.8 Å². The number of carbonyl (C=O) groups is 1. The van der Waals surface area contributed by atoms with Crippen molar-refractivity contribution in [2.75, 3.05) is 19.8 Å². The van der Waals surface area contributed by atoms with Gasteiger partial charge in [-0.1, -0.05) is 30.9 Å². The lowest BCUT2D eigenvalue weighted by molar-refractivity contribution is -0.114. The predicted octanol–water partition coefficient (Wildman–Crippen LogP) is 7.31. The van der Waals surface area contributed by atoms with E-state index >= 15 is 0 Å². The Kier molecular flexibility index (Phi) is 9.37. The topological polar surface area (TPSA) is 96.6 Å². The Hall–Kier alpha value is -2.57. The van der Waals surface area contributed by atoms with Crippen molar-refractivity contribution in [2.45, 2.75) is 46.0 Å². The average molecular weight is 693 g/mol. The first-order valence-electron chi connectivity index (χ1n) is 13.3. The molecule has 2 heterocycles. The van der Waals surface area contributed by atoms with Crippen molar-refractivity contribution in [1.29, 1.82) is 5.41 Å². The molecule has 11 heteroatoms. The summed E-state index contributed by atoms with van der Waals surface area (Å²) in [5.41, 5.74) is 1.85. The van der Waals surface area contributed by atoms with Crippen molar-refractivity contribution in [3.05, 3.63) is 55.6 Å². The number of fused-ring (bicyclic) bond motifs is 1. The molecule has 0 saturated heterocycles. The first-order valence-corrected chi connectivity index (χ1v) is 15.6. The Morgan fingerprint density at radius 2 is 1.93 bits per heavy atom. The SMILES string of the molecule is CCOc1cc(/C=C2/C(=N)N3N=C(C4CCCCC4)SC3=NC2=O)cc(I)c1OCCOc1ccc(Cl)c(C)c1. The minimum Gasteiger partial charge on any atom is -0.490 e. The van der Waals surface area contributed by atoms with Crippen LogP contribution < -0.4 is 14.2 Å². The number of hydrazone groups is 1. The second kappa shape index (κ2) is 12.9. The summed E-state index contributed by atoms with van der Waals surface area (Å²) in [7, 11) is 0. The van der Waals surface area contributed by atoms with E-state index in [9.17, 15) is 4.79 Å². The lowest BCUT2D eigenvalue weighted by Gasteiger charge is -2.20. The number of ether oxygens (including phenoxy) is 3. The number of benzene rings is 2. The van der Waals surface area contributed by atoms with Gasteiger partial charge in [-0.3, -0.25) is 10.2 Å². The fourth-order valence-electron chi connectivity index (χ4n) is 4.77. The van der Waals surface area contributed by atoms with Crippen LogP contribution in [0.1, 0.15) is 50.2 Å². The maximum Gasteiger partial charge on any atom is 0.283 e. The molecule has 1 fully saturated rings. The molecule has 3 aliphatic rings. The molecule has 2 aromatic rings. The summed E-state index contributed by atoms with van der Waals surface area (Å²) in [6, 6.07) is 9.23. The Bertz CT molecular complexity index is 1420. The third kappa shape index (κ3) is 6.49. The zero-order valence-corrected chi connectivity index (χ0v) is 26.1.